The number of fused-ring (bicyclic) bond motifs is 1. The number of aromatic carboxylic acids is 1. The van der Waals surface area contributed by atoms with Crippen molar-refractivity contribution >= 4 is 38.6 Å². The maximum absolute atomic E-state index is 13.6. The van der Waals surface area contributed by atoms with E-state index in [4.69, 9.17) is 11.6 Å². The first-order valence-electron chi connectivity index (χ1n) is 9.91. The molecule has 2 heterocycles. The Balaban J connectivity index is 1.96. The van der Waals surface area contributed by atoms with Crippen molar-refractivity contribution in [3.05, 3.63) is 86.9 Å². The Kier molecular flexibility index (Phi) is 5.42. The number of halogens is 1. The summed E-state index contributed by atoms with van der Waals surface area (Å²) >= 11 is 6.37. The van der Waals surface area contributed by atoms with Crippen LogP contribution in [0.3, 0.4) is 0 Å². The van der Waals surface area contributed by atoms with Gasteiger partial charge in [0, 0.05) is 0 Å². The Bertz CT molecular complexity index is 1570. The van der Waals surface area contributed by atoms with Gasteiger partial charge in [0.2, 0.25) is 0 Å². The highest BCUT2D eigenvalue weighted by molar-refractivity contribution is 7.92. The van der Waals surface area contributed by atoms with Crippen LogP contribution in [0, 0.1) is 6.92 Å². The number of H-pyrrole nitrogens is 1. The second kappa shape index (κ2) is 7.86. The molecule has 0 radical (unpaired) electrons. The van der Waals surface area contributed by atoms with Crippen LogP contribution in [0.15, 0.2) is 64.3 Å². The summed E-state index contributed by atoms with van der Waals surface area (Å²) in [7, 11) is -3.92. The molecule has 0 saturated heterocycles. The van der Waals surface area contributed by atoms with Gasteiger partial charge in [-0.15, -0.1) is 0 Å². The standard InChI is InChI=1S/C23H20ClN3O5S/c1-13-11-17(21(28)29)25-20-19(13)26-22(30)27(20)18-12-15(9-10-16(18)24)33(31,32)23(2,3)14-7-5-4-6-8-14/h4-12H,1-3H3,(H,26,30)(H,28,29). The number of nitrogens with one attached hydrogen (secondary N) is 1. The number of aromatic nitrogens is 3. The number of hydrogen-bond acceptors (Lipinski definition) is 5. The van der Waals surface area contributed by atoms with Crippen molar-refractivity contribution in [2.75, 3.05) is 0 Å². The molecular weight excluding hydrogens is 466 g/mol. The molecule has 0 fully saturated rings. The van der Waals surface area contributed by atoms with Gasteiger partial charge in [0.25, 0.3) is 0 Å². The van der Waals surface area contributed by atoms with E-state index in [1.807, 2.05) is 0 Å². The Morgan fingerprint density at radius 1 is 1.12 bits per heavy atom. The molecule has 2 aromatic carbocycles. The van der Waals surface area contributed by atoms with E-state index in [0.29, 0.717) is 16.6 Å². The maximum Gasteiger partial charge on any atom is 0.354 e. The summed E-state index contributed by atoms with van der Waals surface area (Å²) < 4.78 is 27.0. The second-order valence-corrected chi connectivity index (χ2v) is 11.0. The molecule has 0 aliphatic carbocycles. The number of carboxylic acid groups (broad SMARTS) is 1. The molecular formula is C23H20ClN3O5S. The minimum Gasteiger partial charge on any atom is -0.477 e. The van der Waals surface area contributed by atoms with Crippen LogP contribution < -0.4 is 5.69 Å². The third-order valence-corrected chi connectivity index (χ3v) is 8.45. The minimum absolute atomic E-state index is 0.0381. The van der Waals surface area contributed by atoms with Crippen molar-refractivity contribution < 1.29 is 18.3 Å². The van der Waals surface area contributed by atoms with Gasteiger partial charge in [0.05, 0.1) is 25.9 Å². The van der Waals surface area contributed by atoms with Gasteiger partial charge >= 0.3 is 11.7 Å². The number of sulfone groups is 1. The van der Waals surface area contributed by atoms with Crippen LogP contribution in [0.1, 0.15) is 35.5 Å². The Labute approximate surface area is 194 Å². The SMILES string of the molecule is Cc1cc(C(=O)O)nc2c1[nH]c(=O)n2-c1cc(S(=O)(=O)C(C)(C)c2ccccc2)ccc1Cl. The number of imidazole rings is 1. The predicted octanol–water partition coefficient (Wildman–Crippen LogP) is 4.08. The highest BCUT2D eigenvalue weighted by Gasteiger charge is 2.37. The zero-order valence-corrected chi connectivity index (χ0v) is 19.5. The highest BCUT2D eigenvalue weighted by atomic mass is 35.5. The van der Waals surface area contributed by atoms with Crippen LogP contribution >= 0.6 is 11.6 Å². The van der Waals surface area contributed by atoms with Crippen LogP contribution in [-0.4, -0.2) is 34.0 Å². The van der Waals surface area contributed by atoms with Crippen molar-refractivity contribution in [2.24, 2.45) is 0 Å². The molecule has 0 spiro atoms. The highest BCUT2D eigenvalue weighted by Crippen LogP contribution is 2.36. The van der Waals surface area contributed by atoms with Gasteiger partial charge in [0.1, 0.15) is 0 Å². The van der Waals surface area contributed by atoms with E-state index in [2.05, 4.69) is 9.97 Å². The fraction of sp³-hybridized carbons (Fsp3) is 0.174. The molecule has 0 aliphatic heterocycles. The first-order valence-corrected chi connectivity index (χ1v) is 11.8. The zero-order valence-electron chi connectivity index (χ0n) is 18.0. The number of pyridine rings is 1. The number of benzene rings is 2. The molecule has 170 valence electrons. The number of aryl methyl sites for hydroxylation is 1. The lowest BCUT2D eigenvalue weighted by Gasteiger charge is -2.26. The number of rotatable bonds is 5. The number of aromatic amines is 1. The molecule has 0 saturated carbocycles. The number of nitrogens with zero attached hydrogens (tertiary/aromatic N) is 2. The lowest BCUT2D eigenvalue weighted by molar-refractivity contribution is 0.0690. The minimum atomic E-state index is -3.92. The van der Waals surface area contributed by atoms with Gasteiger partial charge in [-0.25, -0.2) is 27.6 Å². The molecule has 10 heteroatoms. The smallest absolute Gasteiger partial charge is 0.354 e. The van der Waals surface area contributed by atoms with E-state index < -0.39 is 26.2 Å². The monoisotopic (exact) mass is 485 g/mol. The van der Waals surface area contributed by atoms with E-state index in [1.54, 1.807) is 51.1 Å². The van der Waals surface area contributed by atoms with Crippen LogP contribution in [0.2, 0.25) is 5.02 Å². The summed E-state index contributed by atoms with van der Waals surface area (Å²) in [5.41, 5.74) is 0.676. The van der Waals surface area contributed by atoms with E-state index >= 15 is 0 Å². The van der Waals surface area contributed by atoms with E-state index in [1.165, 1.54) is 24.3 Å². The normalized spacial score (nSPS) is 12.2. The van der Waals surface area contributed by atoms with Crippen LogP contribution in [0.25, 0.3) is 16.9 Å². The van der Waals surface area contributed by atoms with Crippen molar-refractivity contribution in [2.45, 2.75) is 30.4 Å². The third kappa shape index (κ3) is 3.63. The first-order chi connectivity index (χ1) is 15.4. The lowest BCUT2D eigenvalue weighted by atomic mass is 10.0. The molecule has 4 aromatic rings. The van der Waals surface area contributed by atoms with Crippen molar-refractivity contribution in [3.8, 4) is 5.69 Å². The summed E-state index contributed by atoms with van der Waals surface area (Å²) in [6.07, 6.45) is 0. The van der Waals surface area contributed by atoms with Gasteiger partial charge in [-0.3, -0.25) is 0 Å². The number of carboxylic acids is 1. The Hall–Kier alpha value is -3.43. The summed E-state index contributed by atoms with van der Waals surface area (Å²) in [5.74, 6) is -1.26. The average Bonchev–Trinajstić information content (AvgIpc) is 3.10. The van der Waals surface area contributed by atoms with Crippen molar-refractivity contribution in [3.63, 3.8) is 0 Å². The molecule has 4 rings (SSSR count). The quantitative estimate of drug-likeness (QED) is 0.439. The van der Waals surface area contributed by atoms with Crippen molar-refractivity contribution in [1.82, 2.24) is 14.5 Å². The molecule has 0 bridgehead atoms. The van der Waals surface area contributed by atoms with Gasteiger partial charge in [-0.1, -0.05) is 41.9 Å². The first kappa shape index (κ1) is 22.8. The van der Waals surface area contributed by atoms with Gasteiger partial charge in [-0.05, 0) is 56.2 Å². The van der Waals surface area contributed by atoms with Crippen LogP contribution in [0.4, 0.5) is 0 Å². The molecule has 8 nitrogen and oxygen atoms in total. The van der Waals surface area contributed by atoms with E-state index in [-0.39, 0.29) is 26.9 Å². The predicted molar refractivity (Wildman–Crippen MR) is 125 cm³/mol. The molecule has 0 aliphatic rings. The zero-order chi connectivity index (χ0) is 24.1. The van der Waals surface area contributed by atoms with Crippen LogP contribution in [-0.2, 0) is 14.6 Å². The molecule has 33 heavy (non-hydrogen) atoms. The molecule has 0 amide bonds. The maximum atomic E-state index is 13.6. The van der Waals surface area contributed by atoms with Gasteiger partial charge in [-0.2, -0.15) is 0 Å². The molecule has 0 unspecified atom stereocenters. The number of carbonyl (C=O) groups is 1. The molecule has 2 N–H and O–H groups in total. The summed E-state index contributed by atoms with van der Waals surface area (Å²) in [4.78, 5) is 31.0. The summed E-state index contributed by atoms with van der Waals surface area (Å²) in [5, 5.41) is 9.48. The van der Waals surface area contributed by atoms with Crippen molar-refractivity contribution in [1.29, 1.82) is 0 Å². The third-order valence-electron chi connectivity index (χ3n) is 5.67. The largest absolute Gasteiger partial charge is 0.477 e. The second-order valence-electron chi connectivity index (χ2n) is 8.09. The number of hydrogen-bond donors (Lipinski definition) is 2. The van der Waals surface area contributed by atoms with Crippen LogP contribution in [0.5, 0.6) is 0 Å². The lowest BCUT2D eigenvalue weighted by Crippen LogP contribution is -2.29. The Morgan fingerprint density at radius 2 is 1.79 bits per heavy atom. The van der Waals surface area contributed by atoms with Gasteiger partial charge < -0.3 is 10.1 Å². The topological polar surface area (TPSA) is 122 Å². The fourth-order valence-electron chi connectivity index (χ4n) is 3.68. The Morgan fingerprint density at radius 3 is 2.42 bits per heavy atom. The summed E-state index contributed by atoms with van der Waals surface area (Å²) in [6, 6.07) is 14.2. The van der Waals surface area contributed by atoms with E-state index in [0.717, 1.165) is 4.57 Å². The molecule has 2 aromatic heterocycles. The fourth-order valence-corrected chi connectivity index (χ4v) is 5.44. The molecule has 0 atom stereocenters. The van der Waals surface area contributed by atoms with Gasteiger partial charge in [0.15, 0.2) is 21.2 Å². The van der Waals surface area contributed by atoms with E-state index in [9.17, 15) is 23.1 Å². The summed E-state index contributed by atoms with van der Waals surface area (Å²) in [6.45, 7) is 4.85. The average molecular weight is 486 g/mol.